The minimum Gasteiger partial charge on any atom is -0.497 e. The molecule has 0 aliphatic carbocycles. The van der Waals surface area contributed by atoms with Crippen molar-refractivity contribution in [1.29, 1.82) is 0 Å². The summed E-state index contributed by atoms with van der Waals surface area (Å²) in [5, 5.41) is 0.0278. The van der Waals surface area contributed by atoms with Crippen LogP contribution in [0.25, 0.3) is 0 Å². The molecule has 2 amide bonds. The quantitative estimate of drug-likeness (QED) is 0.484. The van der Waals surface area contributed by atoms with Gasteiger partial charge in [-0.2, -0.15) is 0 Å². The molecular formula is C22H25ClN2O8. The van der Waals surface area contributed by atoms with Crippen LogP contribution in [0, 0.1) is 0 Å². The summed E-state index contributed by atoms with van der Waals surface area (Å²) in [6.45, 7) is -0.703. The molecular weight excluding hydrogens is 456 g/mol. The molecule has 0 bridgehead atoms. The number of carbonyl (C=O) groups is 3. The topological polar surface area (TPSA) is 127 Å². The Kier molecular flexibility index (Phi) is 9.17. The third-order valence-electron chi connectivity index (χ3n) is 4.45. The van der Waals surface area contributed by atoms with E-state index in [-0.39, 0.29) is 35.2 Å². The van der Waals surface area contributed by atoms with E-state index in [0.717, 1.165) is 0 Å². The van der Waals surface area contributed by atoms with E-state index in [1.165, 1.54) is 45.5 Å². The normalized spacial score (nSPS) is 10.2. The molecule has 0 spiro atoms. The van der Waals surface area contributed by atoms with E-state index in [4.69, 9.17) is 41.0 Å². The van der Waals surface area contributed by atoms with Crippen LogP contribution in [-0.4, -0.2) is 64.3 Å². The van der Waals surface area contributed by atoms with Crippen molar-refractivity contribution in [2.45, 2.75) is 6.54 Å². The Hall–Kier alpha value is -3.66. The molecule has 0 unspecified atom stereocenters. The highest BCUT2D eigenvalue weighted by molar-refractivity contribution is 6.32. The maximum atomic E-state index is 13.3. The maximum Gasteiger partial charge on any atom is 0.325 e. The number of ether oxygens (including phenoxy) is 5. The Morgan fingerprint density at radius 3 is 2.09 bits per heavy atom. The van der Waals surface area contributed by atoms with Gasteiger partial charge in [-0.05, 0) is 29.8 Å². The first-order chi connectivity index (χ1) is 15.7. The van der Waals surface area contributed by atoms with Crippen LogP contribution in [0.2, 0.25) is 5.02 Å². The Morgan fingerprint density at radius 2 is 1.58 bits per heavy atom. The largest absolute Gasteiger partial charge is 0.497 e. The van der Waals surface area contributed by atoms with Gasteiger partial charge in [0.2, 0.25) is 0 Å². The molecule has 0 fully saturated rings. The van der Waals surface area contributed by atoms with Crippen molar-refractivity contribution < 1.29 is 38.1 Å². The average molecular weight is 481 g/mol. The summed E-state index contributed by atoms with van der Waals surface area (Å²) in [6.07, 6.45) is 0. The first-order valence-corrected chi connectivity index (χ1v) is 9.96. The number of nitrogens with zero attached hydrogens (tertiary/aromatic N) is 1. The lowest BCUT2D eigenvalue weighted by atomic mass is 10.1. The third kappa shape index (κ3) is 6.91. The second kappa shape index (κ2) is 11.8. The fourth-order valence-electron chi connectivity index (χ4n) is 2.91. The molecule has 2 aromatic rings. The molecule has 0 aliphatic heterocycles. The number of nitrogens with two attached hydrogens (primary N) is 1. The molecule has 2 aromatic carbocycles. The van der Waals surface area contributed by atoms with Crippen LogP contribution < -0.4 is 24.7 Å². The Bertz CT molecular complexity index is 1010. The van der Waals surface area contributed by atoms with Gasteiger partial charge in [0.15, 0.2) is 18.1 Å². The minimum absolute atomic E-state index is 0.0278. The van der Waals surface area contributed by atoms with Gasteiger partial charge in [-0.3, -0.25) is 14.4 Å². The summed E-state index contributed by atoms with van der Waals surface area (Å²) in [5.41, 5.74) is 5.89. The van der Waals surface area contributed by atoms with Crippen molar-refractivity contribution in [3.05, 3.63) is 46.5 Å². The van der Waals surface area contributed by atoms with Gasteiger partial charge >= 0.3 is 5.97 Å². The highest BCUT2D eigenvalue weighted by atomic mass is 35.5. The molecule has 0 radical (unpaired) electrons. The van der Waals surface area contributed by atoms with E-state index in [9.17, 15) is 14.4 Å². The molecule has 11 heteroatoms. The van der Waals surface area contributed by atoms with E-state index >= 15 is 0 Å². The molecule has 0 saturated carbocycles. The number of carbonyl (C=O) groups excluding carboxylic acids is 3. The average Bonchev–Trinajstić information content (AvgIpc) is 2.81. The molecule has 0 aromatic heterocycles. The highest BCUT2D eigenvalue weighted by Crippen LogP contribution is 2.37. The molecule has 0 aliphatic rings. The molecule has 0 atom stereocenters. The smallest absolute Gasteiger partial charge is 0.325 e. The first-order valence-electron chi connectivity index (χ1n) is 9.59. The van der Waals surface area contributed by atoms with E-state index in [1.807, 2.05) is 0 Å². The van der Waals surface area contributed by atoms with Crippen molar-refractivity contribution in [3.8, 4) is 23.0 Å². The number of rotatable bonds is 11. The summed E-state index contributed by atoms with van der Waals surface area (Å²) >= 11 is 6.27. The van der Waals surface area contributed by atoms with Crippen molar-refractivity contribution >= 4 is 29.4 Å². The SMILES string of the molecule is COC(=O)CN(Cc1cc(OC)cc(OC)c1)C(=O)c1cc(Cl)c(OCC(N)=O)c(OC)c1. The molecule has 10 nitrogen and oxygen atoms in total. The second-order valence-corrected chi connectivity index (χ2v) is 7.11. The van der Waals surface area contributed by atoms with Crippen LogP contribution in [0.5, 0.6) is 23.0 Å². The van der Waals surface area contributed by atoms with E-state index in [2.05, 4.69) is 0 Å². The zero-order valence-electron chi connectivity index (χ0n) is 18.7. The predicted octanol–water partition coefficient (Wildman–Crippen LogP) is 2.05. The van der Waals surface area contributed by atoms with Gasteiger partial charge in [0.25, 0.3) is 11.8 Å². The number of hydrogen-bond acceptors (Lipinski definition) is 8. The second-order valence-electron chi connectivity index (χ2n) is 6.70. The van der Waals surface area contributed by atoms with Crippen LogP contribution in [0.15, 0.2) is 30.3 Å². The molecule has 2 N–H and O–H groups in total. The van der Waals surface area contributed by atoms with Crippen molar-refractivity contribution in [2.75, 3.05) is 41.6 Å². The number of esters is 1. The molecule has 0 saturated heterocycles. The van der Waals surface area contributed by atoms with Crippen LogP contribution >= 0.6 is 11.6 Å². The summed E-state index contributed by atoms with van der Waals surface area (Å²) in [5.74, 6) is -0.613. The maximum absolute atomic E-state index is 13.3. The lowest BCUT2D eigenvalue weighted by Crippen LogP contribution is -2.35. The Morgan fingerprint density at radius 1 is 0.939 bits per heavy atom. The molecule has 33 heavy (non-hydrogen) atoms. The number of amides is 2. The van der Waals surface area contributed by atoms with Crippen LogP contribution in [0.1, 0.15) is 15.9 Å². The van der Waals surface area contributed by atoms with Crippen LogP contribution in [0.4, 0.5) is 0 Å². The molecule has 2 rings (SSSR count). The third-order valence-corrected chi connectivity index (χ3v) is 4.74. The van der Waals surface area contributed by atoms with Gasteiger partial charge < -0.3 is 34.3 Å². The van der Waals surface area contributed by atoms with Crippen molar-refractivity contribution in [2.24, 2.45) is 5.73 Å². The molecule has 0 heterocycles. The van der Waals surface area contributed by atoms with Crippen molar-refractivity contribution in [1.82, 2.24) is 4.90 Å². The lowest BCUT2D eigenvalue weighted by molar-refractivity contribution is -0.141. The van der Waals surface area contributed by atoms with E-state index < -0.39 is 24.4 Å². The van der Waals surface area contributed by atoms with Gasteiger partial charge in [0.1, 0.15) is 18.0 Å². The Balaban J connectivity index is 2.42. The van der Waals surface area contributed by atoms with Gasteiger partial charge in [-0.1, -0.05) is 11.6 Å². The van der Waals surface area contributed by atoms with Gasteiger partial charge in [0, 0.05) is 18.2 Å². The van der Waals surface area contributed by atoms with Gasteiger partial charge in [-0.25, -0.2) is 0 Å². The minimum atomic E-state index is -0.703. The lowest BCUT2D eigenvalue weighted by Gasteiger charge is -2.23. The number of hydrogen-bond donors (Lipinski definition) is 1. The number of primary amides is 1. The van der Waals surface area contributed by atoms with Gasteiger partial charge in [-0.15, -0.1) is 0 Å². The van der Waals surface area contributed by atoms with Crippen LogP contribution in [0.3, 0.4) is 0 Å². The number of methoxy groups -OCH3 is 4. The fraction of sp³-hybridized carbons (Fsp3) is 0.318. The Labute approximate surface area is 196 Å². The first kappa shape index (κ1) is 25.6. The predicted molar refractivity (Wildman–Crippen MR) is 119 cm³/mol. The fourth-order valence-corrected chi connectivity index (χ4v) is 3.17. The van der Waals surface area contributed by atoms with E-state index in [0.29, 0.717) is 17.1 Å². The number of benzene rings is 2. The van der Waals surface area contributed by atoms with Gasteiger partial charge in [0.05, 0.1) is 33.5 Å². The van der Waals surface area contributed by atoms with Crippen LogP contribution in [-0.2, 0) is 20.9 Å². The monoisotopic (exact) mass is 480 g/mol. The summed E-state index contributed by atoms with van der Waals surface area (Å²) < 4.78 is 25.8. The van der Waals surface area contributed by atoms with E-state index in [1.54, 1.807) is 18.2 Å². The summed E-state index contributed by atoms with van der Waals surface area (Å²) in [6, 6.07) is 7.86. The highest BCUT2D eigenvalue weighted by Gasteiger charge is 2.23. The number of halogens is 1. The molecule has 178 valence electrons. The summed E-state index contributed by atoms with van der Waals surface area (Å²) in [4.78, 5) is 37.6. The van der Waals surface area contributed by atoms with Crippen molar-refractivity contribution in [3.63, 3.8) is 0 Å². The zero-order valence-corrected chi connectivity index (χ0v) is 19.4. The summed E-state index contributed by atoms with van der Waals surface area (Å²) in [7, 11) is 5.59. The standard InChI is InChI=1S/C22H25ClN2O8/c1-29-15-5-13(6-16(9-15)30-2)10-25(11-20(27)32-4)22(28)14-7-17(23)21(18(8-14)31-3)33-12-19(24)26/h5-9H,10-12H2,1-4H3,(H2,24,26). The zero-order chi connectivity index (χ0) is 24.5.